The molecular weight excluding hydrogens is 332 g/mol. The second-order valence-corrected chi connectivity index (χ2v) is 6.52. The Morgan fingerprint density at radius 3 is 2.96 bits per heavy atom. The fourth-order valence-electron chi connectivity index (χ4n) is 3.23. The summed E-state index contributed by atoms with van der Waals surface area (Å²) >= 11 is 5.15. The SMILES string of the molecule is C[C@@]1(O)[C@H](O)[C@@H](CO)O[C@H]1n1cc2ccc(=S)nc3c2c1N=CN3. The van der Waals surface area contributed by atoms with Crippen LogP contribution < -0.4 is 5.32 Å². The summed E-state index contributed by atoms with van der Waals surface area (Å²) < 4.78 is 7.78. The van der Waals surface area contributed by atoms with Gasteiger partial charge in [0.25, 0.3) is 0 Å². The van der Waals surface area contributed by atoms with Crippen molar-refractivity contribution < 1.29 is 20.1 Å². The predicted molar refractivity (Wildman–Crippen MR) is 90.0 cm³/mol. The zero-order valence-electron chi connectivity index (χ0n) is 12.7. The van der Waals surface area contributed by atoms with Gasteiger partial charge in [0.1, 0.15) is 34.1 Å². The molecule has 4 atom stereocenters. The van der Waals surface area contributed by atoms with Gasteiger partial charge in [-0.2, -0.15) is 0 Å². The van der Waals surface area contributed by atoms with Crippen LogP contribution in [-0.4, -0.2) is 55.6 Å². The molecule has 0 radical (unpaired) electrons. The predicted octanol–water partition coefficient (Wildman–Crippen LogP) is 0.853. The first kappa shape index (κ1) is 15.6. The lowest BCUT2D eigenvalue weighted by Crippen LogP contribution is -2.44. The molecule has 0 spiro atoms. The molecule has 0 amide bonds. The number of anilines is 1. The highest BCUT2D eigenvalue weighted by Gasteiger charge is 2.53. The number of hydrogen-bond acceptors (Lipinski definition) is 8. The number of aliphatic hydroxyl groups is 3. The number of aliphatic hydroxyl groups excluding tert-OH is 2. The lowest BCUT2D eigenvalue weighted by Gasteiger charge is -2.28. The van der Waals surface area contributed by atoms with E-state index in [9.17, 15) is 15.3 Å². The largest absolute Gasteiger partial charge is 0.394 e. The van der Waals surface area contributed by atoms with E-state index in [4.69, 9.17) is 17.0 Å². The van der Waals surface area contributed by atoms with E-state index >= 15 is 0 Å². The van der Waals surface area contributed by atoms with Crippen molar-refractivity contribution in [2.75, 3.05) is 11.9 Å². The fourth-order valence-corrected chi connectivity index (χ4v) is 3.39. The first-order valence-corrected chi connectivity index (χ1v) is 7.86. The van der Waals surface area contributed by atoms with Gasteiger partial charge in [0.2, 0.25) is 0 Å². The second-order valence-electron chi connectivity index (χ2n) is 6.10. The number of nitrogens with one attached hydrogen (secondary N) is 1. The van der Waals surface area contributed by atoms with Crippen LogP contribution in [0.2, 0.25) is 0 Å². The highest BCUT2D eigenvalue weighted by Crippen LogP contribution is 2.44. The van der Waals surface area contributed by atoms with Crippen molar-refractivity contribution in [3.8, 4) is 0 Å². The average molecular weight is 348 g/mol. The van der Waals surface area contributed by atoms with Gasteiger partial charge in [-0.1, -0.05) is 12.2 Å². The third kappa shape index (κ3) is 2.10. The molecule has 0 saturated carbocycles. The Labute approximate surface area is 142 Å². The molecule has 2 aromatic heterocycles. The summed E-state index contributed by atoms with van der Waals surface area (Å²) in [5.41, 5.74) is -1.59. The van der Waals surface area contributed by atoms with Crippen LogP contribution in [-0.2, 0) is 4.74 Å². The van der Waals surface area contributed by atoms with Crippen LogP contribution in [0.4, 0.5) is 11.6 Å². The van der Waals surface area contributed by atoms with Crippen molar-refractivity contribution >= 4 is 41.0 Å². The third-order valence-electron chi connectivity index (χ3n) is 4.47. The van der Waals surface area contributed by atoms with E-state index in [0.717, 1.165) is 10.8 Å². The smallest absolute Gasteiger partial charge is 0.167 e. The number of rotatable bonds is 2. The number of hydrogen-bond donors (Lipinski definition) is 4. The molecule has 0 unspecified atom stereocenters. The van der Waals surface area contributed by atoms with Crippen molar-refractivity contribution in [1.82, 2.24) is 9.55 Å². The van der Waals surface area contributed by atoms with Crippen LogP contribution in [0.25, 0.3) is 10.8 Å². The maximum atomic E-state index is 10.7. The maximum Gasteiger partial charge on any atom is 0.167 e. The van der Waals surface area contributed by atoms with Gasteiger partial charge in [-0.25, -0.2) is 9.98 Å². The molecule has 4 N–H and O–H groups in total. The van der Waals surface area contributed by atoms with E-state index in [0.29, 0.717) is 16.3 Å². The number of ether oxygens (including phenoxy) is 1. The van der Waals surface area contributed by atoms with Gasteiger partial charge in [0, 0.05) is 11.6 Å². The zero-order valence-corrected chi connectivity index (χ0v) is 13.6. The molecule has 2 aliphatic heterocycles. The van der Waals surface area contributed by atoms with Crippen LogP contribution in [0.15, 0.2) is 23.3 Å². The topological polar surface area (TPSA) is 112 Å². The van der Waals surface area contributed by atoms with Crippen molar-refractivity contribution in [3.05, 3.63) is 23.0 Å². The Morgan fingerprint density at radius 2 is 2.25 bits per heavy atom. The number of aliphatic imine (C=N–C) groups is 1. The van der Waals surface area contributed by atoms with Gasteiger partial charge in [-0.15, -0.1) is 0 Å². The zero-order chi connectivity index (χ0) is 17.1. The van der Waals surface area contributed by atoms with E-state index in [1.165, 1.54) is 13.3 Å². The van der Waals surface area contributed by atoms with Gasteiger partial charge in [0.15, 0.2) is 6.23 Å². The molecule has 8 nitrogen and oxygen atoms in total. The van der Waals surface area contributed by atoms with Crippen molar-refractivity contribution in [3.63, 3.8) is 0 Å². The molecule has 1 saturated heterocycles. The first-order chi connectivity index (χ1) is 11.4. The van der Waals surface area contributed by atoms with Gasteiger partial charge in [-0.3, -0.25) is 0 Å². The molecule has 2 aliphatic rings. The Morgan fingerprint density at radius 1 is 1.46 bits per heavy atom. The quantitative estimate of drug-likeness (QED) is 0.595. The molecule has 1 fully saturated rings. The lowest BCUT2D eigenvalue weighted by atomic mass is 9.96. The molecule has 0 bridgehead atoms. The van der Waals surface area contributed by atoms with Gasteiger partial charge in [0.05, 0.1) is 18.3 Å². The van der Waals surface area contributed by atoms with Gasteiger partial charge in [-0.05, 0) is 19.1 Å². The molecular formula is C15H16N4O4S. The summed E-state index contributed by atoms with van der Waals surface area (Å²) in [7, 11) is 0. The number of nitrogens with zero attached hydrogens (tertiary/aromatic N) is 3. The summed E-state index contributed by atoms with van der Waals surface area (Å²) in [5, 5.41) is 34.8. The third-order valence-corrected chi connectivity index (χ3v) is 4.70. The Balaban J connectivity index is 1.94. The minimum absolute atomic E-state index is 0.393. The molecule has 24 heavy (non-hydrogen) atoms. The summed E-state index contributed by atoms with van der Waals surface area (Å²) in [6.07, 6.45) is 0.258. The normalized spacial score (nSPS) is 31.4. The molecule has 2 aromatic rings. The van der Waals surface area contributed by atoms with Crippen molar-refractivity contribution in [1.29, 1.82) is 0 Å². The highest BCUT2D eigenvalue weighted by molar-refractivity contribution is 7.71. The van der Waals surface area contributed by atoms with E-state index < -0.39 is 30.6 Å². The molecule has 4 heterocycles. The van der Waals surface area contributed by atoms with E-state index in [2.05, 4.69) is 15.3 Å². The monoisotopic (exact) mass is 348 g/mol. The summed E-state index contributed by atoms with van der Waals surface area (Å²) in [5.74, 6) is 1.11. The van der Waals surface area contributed by atoms with Crippen LogP contribution >= 0.6 is 12.2 Å². The molecule has 0 aliphatic carbocycles. The molecule has 0 aromatic carbocycles. The molecule has 126 valence electrons. The Hall–Kier alpha value is -1.91. The Bertz CT molecular complexity index is 910. The minimum Gasteiger partial charge on any atom is -0.394 e. The van der Waals surface area contributed by atoms with Crippen molar-refractivity contribution in [2.24, 2.45) is 4.99 Å². The second kappa shape index (κ2) is 5.30. The van der Waals surface area contributed by atoms with Gasteiger partial charge >= 0.3 is 0 Å². The summed E-state index contributed by atoms with van der Waals surface area (Å²) in [6, 6.07) is 3.53. The molecule has 9 heteroatoms. The fraction of sp³-hybridized carbons (Fsp3) is 0.400. The lowest BCUT2D eigenvalue weighted by molar-refractivity contribution is -0.0955. The summed E-state index contributed by atoms with van der Waals surface area (Å²) in [6.45, 7) is 1.08. The average Bonchev–Trinajstić information content (AvgIpc) is 2.95. The maximum absolute atomic E-state index is 10.7. The van der Waals surface area contributed by atoms with E-state index in [-0.39, 0.29) is 0 Å². The number of aromatic nitrogens is 2. The highest BCUT2D eigenvalue weighted by atomic mass is 32.1. The van der Waals surface area contributed by atoms with Gasteiger partial charge < -0.3 is 29.9 Å². The van der Waals surface area contributed by atoms with Crippen LogP contribution in [0.3, 0.4) is 0 Å². The standard InChI is InChI=1S/C15H16N4O4S/c1-15(22)11(21)8(5-20)23-14(15)19-4-7-2-3-9(24)18-12-10(7)13(19)17-6-16-12/h2-4,6,8,11,14,20-22H,5H2,1H3,(H,16,17,18,24)/t8-,11-,14-,15-/m1/s1. The van der Waals surface area contributed by atoms with Crippen LogP contribution in [0.5, 0.6) is 0 Å². The van der Waals surface area contributed by atoms with Crippen LogP contribution in [0, 0.1) is 4.64 Å². The Kier molecular flexibility index (Phi) is 3.44. The van der Waals surface area contributed by atoms with Crippen LogP contribution in [0.1, 0.15) is 13.2 Å². The first-order valence-electron chi connectivity index (χ1n) is 7.45. The van der Waals surface area contributed by atoms with E-state index in [1.54, 1.807) is 16.8 Å². The minimum atomic E-state index is -1.59. The molecule has 4 rings (SSSR count). The summed E-state index contributed by atoms with van der Waals surface area (Å²) in [4.78, 5) is 8.66. The van der Waals surface area contributed by atoms with E-state index in [1.807, 2.05) is 6.07 Å². The van der Waals surface area contributed by atoms with Crippen molar-refractivity contribution in [2.45, 2.75) is 31.0 Å².